The van der Waals surface area contributed by atoms with E-state index < -0.39 is 0 Å². The molecule has 1 fully saturated rings. The zero-order valence-corrected chi connectivity index (χ0v) is 19.4. The van der Waals surface area contributed by atoms with E-state index in [9.17, 15) is 0 Å². The minimum atomic E-state index is 0.134. The number of benzene rings is 2. The van der Waals surface area contributed by atoms with Crippen LogP contribution < -0.4 is 20.7 Å². The highest BCUT2D eigenvalue weighted by Crippen LogP contribution is 2.26. The molecule has 2 aromatic carbocycles. The van der Waals surface area contributed by atoms with Crippen LogP contribution in [-0.2, 0) is 5.41 Å². The highest BCUT2D eigenvalue weighted by molar-refractivity contribution is 5.62. The molecule has 0 atom stereocenters. The van der Waals surface area contributed by atoms with E-state index in [1.807, 2.05) is 37.4 Å². The molecule has 0 spiro atoms. The summed E-state index contributed by atoms with van der Waals surface area (Å²) < 4.78 is 6.08. The van der Waals surface area contributed by atoms with Crippen molar-refractivity contribution in [2.45, 2.75) is 52.1 Å². The molecule has 1 saturated heterocycles. The van der Waals surface area contributed by atoms with Crippen LogP contribution in [0.25, 0.3) is 0 Å². The average Bonchev–Trinajstić information content (AvgIpc) is 2.78. The number of piperidine rings is 1. The summed E-state index contributed by atoms with van der Waals surface area (Å²) in [4.78, 5) is 9.12. The summed E-state index contributed by atoms with van der Waals surface area (Å²) in [7, 11) is 0. The van der Waals surface area contributed by atoms with Crippen LogP contribution in [0.4, 0.5) is 23.1 Å². The fraction of sp³-hybridized carbons (Fsp3) is 0.385. The Morgan fingerprint density at radius 1 is 0.906 bits per heavy atom. The molecule has 0 unspecified atom stereocenters. The van der Waals surface area contributed by atoms with Gasteiger partial charge in [0.15, 0.2) is 0 Å². The first kappa shape index (κ1) is 22.1. The van der Waals surface area contributed by atoms with Crippen LogP contribution in [0.5, 0.6) is 5.75 Å². The van der Waals surface area contributed by atoms with Gasteiger partial charge < -0.3 is 20.7 Å². The predicted molar refractivity (Wildman–Crippen MR) is 131 cm³/mol. The second-order valence-corrected chi connectivity index (χ2v) is 9.39. The van der Waals surface area contributed by atoms with Crippen LogP contribution >= 0.6 is 0 Å². The van der Waals surface area contributed by atoms with Gasteiger partial charge in [0.1, 0.15) is 17.7 Å². The highest BCUT2D eigenvalue weighted by atomic mass is 16.5. The van der Waals surface area contributed by atoms with E-state index in [4.69, 9.17) is 4.74 Å². The molecule has 1 aromatic heterocycles. The number of nitrogens with zero attached hydrogens (tertiary/aromatic N) is 2. The SMILES string of the molecule is Cc1cnc(Nc2ccc(OC3CCNCC3)cc2)nc1Nc1ccc(C(C)(C)C)cc1. The molecule has 3 aromatic rings. The molecule has 6 heteroatoms. The molecule has 4 rings (SSSR count). The van der Waals surface area contributed by atoms with Gasteiger partial charge in [-0.15, -0.1) is 0 Å². The van der Waals surface area contributed by atoms with Crippen molar-refractivity contribution >= 4 is 23.1 Å². The molecule has 0 radical (unpaired) electrons. The van der Waals surface area contributed by atoms with E-state index in [2.05, 4.69) is 71.0 Å². The minimum absolute atomic E-state index is 0.134. The molecule has 32 heavy (non-hydrogen) atoms. The normalized spacial score (nSPS) is 14.8. The lowest BCUT2D eigenvalue weighted by Gasteiger charge is -2.23. The Kier molecular flexibility index (Phi) is 6.61. The van der Waals surface area contributed by atoms with Crippen molar-refractivity contribution in [1.82, 2.24) is 15.3 Å². The summed E-state index contributed by atoms with van der Waals surface area (Å²) >= 11 is 0. The lowest BCUT2D eigenvalue weighted by atomic mass is 9.87. The van der Waals surface area contributed by atoms with Gasteiger partial charge in [-0.1, -0.05) is 32.9 Å². The standard InChI is InChI=1S/C26H33N5O/c1-18-17-28-25(31-24(18)29-20-7-5-19(6-8-20)26(2,3)4)30-21-9-11-22(12-10-21)32-23-13-15-27-16-14-23/h5-12,17,23,27H,13-16H2,1-4H3,(H2,28,29,30,31). The molecule has 0 amide bonds. The van der Waals surface area contributed by atoms with Gasteiger partial charge in [-0.2, -0.15) is 4.98 Å². The maximum Gasteiger partial charge on any atom is 0.229 e. The van der Waals surface area contributed by atoms with E-state index in [0.717, 1.165) is 54.4 Å². The van der Waals surface area contributed by atoms with Crippen molar-refractivity contribution in [3.8, 4) is 5.75 Å². The van der Waals surface area contributed by atoms with Crippen molar-refractivity contribution in [3.05, 3.63) is 65.9 Å². The van der Waals surface area contributed by atoms with Crippen molar-refractivity contribution in [3.63, 3.8) is 0 Å². The molecule has 6 nitrogen and oxygen atoms in total. The van der Waals surface area contributed by atoms with Gasteiger partial charge in [0.2, 0.25) is 5.95 Å². The quantitative estimate of drug-likeness (QED) is 0.465. The minimum Gasteiger partial charge on any atom is -0.490 e. The molecule has 1 aliphatic rings. The first-order chi connectivity index (χ1) is 15.4. The van der Waals surface area contributed by atoms with E-state index in [0.29, 0.717) is 12.1 Å². The van der Waals surface area contributed by atoms with Gasteiger partial charge in [0, 0.05) is 23.1 Å². The third-order valence-corrected chi connectivity index (χ3v) is 5.68. The summed E-state index contributed by atoms with van der Waals surface area (Å²) in [5, 5.41) is 10.1. The first-order valence-electron chi connectivity index (χ1n) is 11.3. The fourth-order valence-corrected chi connectivity index (χ4v) is 3.67. The topological polar surface area (TPSA) is 71.1 Å². The first-order valence-corrected chi connectivity index (χ1v) is 11.3. The van der Waals surface area contributed by atoms with Crippen LogP contribution in [0, 0.1) is 6.92 Å². The molecule has 0 aliphatic carbocycles. The predicted octanol–water partition coefficient (Wildman–Crippen LogP) is 5.70. The van der Waals surface area contributed by atoms with Crippen LogP contribution in [0.3, 0.4) is 0 Å². The highest BCUT2D eigenvalue weighted by Gasteiger charge is 2.15. The van der Waals surface area contributed by atoms with Crippen molar-refractivity contribution in [2.75, 3.05) is 23.7 Å². The molecule has 3 N–H and O–H groups in total. The largest absolute Gasteiger partial charge is 0.490 e. The van der Waals surface area contributed by atoms with Gasteiger partial charge in [0.25, 0.3) is 0 Å². The number of hydrogen-bond donors (Lipinski definition) is 3. The molecule has 0 bridgehead atoms. The Morgan fingerprint density at radius 2 is 1.53 bits per heavy atom. The summed E-state index contributed by atoms with van der Waals surface area (Å²) in [6, 6.07) is 16.5. The Morgan fingerprint density at radius 3 is 2.19 bits per heavy atom. The number of ether oxygens (including phenoxy) is 1. The van der Waals surface area contributed by atoms with Gasteiger partial charge in [0.05, 0.1) is 0 Å². The van der Waals surface area contributed by atoms with Crippen LogP contribution in [0.2, 0.25) is 0 Å². The molecular formula is C26H33N5O. The monoisotopic (exact) mass is 431 g/mol. The Hall–Kier alpha value is -3.12. The molecule has 1 aliphatic heterocycles. The van der Waals surface area contributed by atoms with Crippen molar-refractivity contribution in [2.24, 2.45) is 0 Å². The zero-order valence-electron chi connectivity index (χ0n) is 19.4. The van der Waals surface area contributed by atoms with Crippen molar-refractivity contribution < 1.29 is 4.74 Å². The van der Waals surface area contributed by atoms with E-state index in [1.165, 1.54) is 5.56 Å². The molecule has 2 heterocycles. The smallest absolute Gasteiger partial charge is 0.229 e. The Labute approximate surface area is 190 Å². The Bertz CT molecular complexity index is 1020. The number of rotatable bonds is 6. The number of aryl methyl sites for hydroxylation is 1. The summed E-state index contributed by atoms with van der Waals surface area (Å²) in [6.07, 6.45) is 4.22. The summed E-state index contributed by atoms with van der Waals surface area (Å²) in [5.74, 6) is 2.24. The zero-order chi connectivity index (χ0) is 22.6. The average molecular weight is 432 g/mol. The lowest BCUT2D eigenvalue weighted by molar-refractivity contribution is 0.162. The molecule has 168 valence electrons. The van der Waals surface area contributed by atoms with E-state index in [1.54, 1.807) is 0 Å². The third-order valence-electron chi connectivity index (χ3n) is 5.68. The van der Waals surface area contributed by atoms with Crippen molar-refractivity contribution in [1.29, 1.82) is 0 Å². The third kappa shape index (κ3) is 5.77. The fourth-order valence-electron chi connectivity index (χ4n) is 3.67. The lowest BCUT2D eigenvalue weighted by Crippen LogP contribution is -2.34. The van der Waals surface area contributed by atoms with Crippen LogP contribution in [-0.4, -0.2) is 29.2 Å². The number of nitrogens with one attached hydrogen (secondary N) is 3. The van der Waals surface area contributed by atoms with Gasteiger partial charge in [-0.05, 0) is 80.2 Å². The molecular weight excluding hydrogens is 398 g/mol. The maximum atomic E-state index is 6.08. The Balaban J connectivity index is 1.41. The van der Waals surface area contributed by atoms with Gasteiger partial charge in [-0.3, -0.25) is 0 Å². The van der Waals surface area contributed by atoms with Crippen LogP contribution in [0.15, 0.2) is 54.7 Å². The number of anilines is 4. The molecule has 0 saturated carbocycles. The van der Waals surface area contributed by atoms with Gasteiger partial charge >= 0.3 is 0 Å². The van der Waals surface area contributed by atoms with Crippen LogP contribution in [0.1, 0.15) is 44.7 Å². The van der Waals surface area contributed by atoms with E-state index in [-0.39, 0.29) is 5.41 Å². The second-order valence-electron chi connectivity index (χ2n) is 9.39. The second kappa shape index (κ2) is 9.57. The van der Waals surface area contributed by atoms with E-state index >= 15 is 0 Å². The summed E-state index contributed by atoms with van der Waals surface area (Å²) in [6.45, 7) is 10.7. The number of aromatic nitrogens is 2. The number of hydrogen-bond acceptors (Lipinski definition) is 6. The summed E-state index contributed by atoms with van der Waals surface area (Å²) in [5.41, 5.74) is 4.35. The maximum absolute atomic E-state index is 6.08. The van der Waals surface area contributed by atoms with Gasteiger partial charge in [-0.25, -0.2) is 4.98 Å².